The molecule has 0 aromatic carbocycles. The smallest absolute Gasteiger partial charge is 0.244 e. The van der Waals surface area contributed by atoms with Crippen LogP contribution in [0, 0.1) is 0 Å². The summed E-state index contributed by atoms with van der Waals surface area (Å²) in [4.78, 5) is 0.981. The zero-order valence-electron chi connectivity index (χ0n) is 9.86. The van der Waals surface area contributed by atoms with Crippen LogP contribution < -0.4 is 0 Å². The highest BCUT2D eigenvalue weighted by Gasteiger charge is 2.31. The highest BCUT2D eigenvalue weighted by molar-refractivity contribution is 7.89. The molecule has 0 amide bonds. The topological polar surface area (TPSA) is 68.1 Å². The normalized spacial score (nSPS) is 16.5. The third-order valence-electron chi connectivity index (χ3n) is 3.05. The lowest BCUT2D eigenvalue weighted by Crippen LogP contribution is -2.38. The van der Waals surface area contributed by atoms with Crippen LogP contribution in [0.4, 0.5) is 0 Å². The van der Waals surface area contributed by atoms with Crippen LogP contribution in [0.2, 0.25) is 0 Å². The van der Waals surface area contributed by atoms with Crippen LogP contribution in [-0.2, 0) is 29.0 Å². The number of fused-ring (bicyclic) bond motifs is 1. The Morgan fingerprint density at radius 2 is 2.26 bits per heavy atom. The van der Waals surface area contributed by atoms with E-state index in [-0.39, 0.29) is 12.4 Å². The minimum absolute atomic E-state index is 0.205. The molecule has 0 aliphatic carbocycles. The molecule has 1 aliphatic rings. The first kappa shape index (κ1) is 13.0. The van der Waals surface area contributed by atoms with Crippen molar-refractivity contribution >= 4 is 33.0 Å². The minimum atomic E-state index is -3.50. The van der Waals surface area contributed by atoms with E-state index in [0.29, 0.717) is 28.7 Å². The molecule has 0 atom stereocenters. The summed E-state index contributed by atoms with van der Waals surface area (Å²) in [5, 5.41) is 9.46. The monoisotopic (exact) mass is 318 g/mol. The number of sulfonamides is 1. The summed E-state index contributed by atoms with van der Waals surface area (Å²) in [5.41, 5.74) is 0. The molecule has 102 valence electrons. The number of alkyl halides is 1. The maximum atomic E-state index is 12.6. The Morgan fingerprint density at radius 3 is 3.05 bits per heavy atom. The number of rotatable bonds is 3. The Labute approximate surface area is 119 Å². The number of halogens is 1. The van der Waals surface area contributed by atoms with Gasteiger partial charge in [0.15, 0.2) is 0 Å². The lowest BCUT2D eigenvalue weighted by molar-refractivity contribution is 0.335. The van der Waals surface area contributed by atoms with Gasteiger partial charge in [0.05, 0.1) is 17.3 Å². The fourth-order valence-corrected chi connectivity index (χ4v) is 5.10. The highest BCUT2D eigenvalue weighted by Crippen LogP contribution is 2.28. The SMILES string of the molecule is O=S(=O)(c1ccsc1CCl)N1CCn2cnnc2C1. The van der Waals surface area contributed by atoms with E-state index in [2.05, 4.69) is 10.2 Å². The first-order chi connectivity index (χ1) is 9.13. The molecule has 2 aromatic heterocycles. The molecule has 0 radical (unpaired) electrons. The second-order valence-electron chi connectivity index (χ2n) is 4.12. The Morgan fingerprint density at radius 1 is 1.42 bits per heavy atom. The summed E-state index contributed by atoms with van der Waals surface area (Å²) >= 11 is 7.14. The van der Waals surface area contributed by atoms with Gasteiger partial charge in [-0.25, -0.2) is 8.42 Å². The zero-order chi connectivity index (χ0) is 13.5. The zero-order valence-corrected chi connectivity index (χ0v) is 12.2. The summed E-state index contributed by atoms with van der Waals surface area (Å²) in [6.45, 7) is 1.24. The van der Waals surface area contributed by atoms with Gasteiger partial charge in [-0.1, -0.05) is 0 Å². The Hall–Kier alpha value is -0.960. The predicted octanol–water partition coefficient (Wildman–Crippen LogP) is 1.28. The van der Waals surface area contributed by atoms with Crippen LogP contribution >= 0.6 is 22.9 Å². The van der Waals surface area contributed by atoms with Crippen molar-refractivity contribution in [1.82, 2.24) is 19.1 Å². The van der Waals surface area contributed by atoms with E-state index in [4.69, 9.17) is 11.6 Å². The van der Waals surface area contributed by atoms with Gasteiger partial charge in [0.2, 0.25) is 10.0 Å². The first-order valence-corrected chi connectivity index (χ1v) is 8.47. The molecule has 0 saturated heterocycles. The molecule has 19 heavy (non-hydrogen) atoms. The molecular formula is C10H11ClN4O2S2. The van der Waals surface area contributed by atoms with Gasteiger partial charge in [0.25, 0.3) is 0 Å². The second kappa shape index (κ2) is 4.86. The molecule has 0 saturated carbocycles. The van der Waals surface area contributed by atoms with Crippen molar-refractivity contribution in [2.24, 2.45) is 0 Å². The number of thiophene rings is 1. The molecule has 2 aromatic rings. The molecule has 9 heteroatoms. The van der Waals surface area contributed by atoms with Crippen molar-refractivity contribution < 1.29 is 8.42 Å². The van der Waals surface area contributed by atoms with E-state index in [1.165, 1.54) is 15.6 Å². The van der Waals surface area contributed by atoms with Gasteiger partial charge >= 0.3 is 0 Å². The molecule has 0 bridgehead atoms. The van der Waals surface area contributed by atoms with Crippen molar-refractivity contribution in [2.75, 3.05) is 6.54 Å². The van der Waals surface area contributed by atoms with Gasteiger partial charge in [-0.05, 0) is 11.4 Å². The lowest BCUT2D eigenvalue weighted by atomic mass is 10.4. The van der Waals surface area contributed by atoms with Crippen LogP contribution in [-0.4, -0.2) is 34.0 Å². The van der Waals surface area contributed by atoms with Crippen molar-refractivity contribution in [3.8, 4) is 0 Å². The van der Waals surface area contributed by atoms with Crippen LogP contribution in [0.1, 0.15) is 10.7 Å². The summed E-state index contributed by atoms with van der Waals surface area (Å²) in [5.74, 6) is 0.869. The maximum Gasteiger partial charge on any atom is 0.244 e. The molecule has 0 spiro atoms. The van der Waals surface area contributed by atoms with Crippen LogP contribution in [0.3, 0.4) is 0 Å². The number of hydrogen-bond acceptors (Lipinski definition) is 5. The van der Waals surface area contributed by atoms with E-state index in [0.717, 1.165) is 0 Å². The predicted molar refractivity (Wildman–Crippen MR) is 71.5 cm³/mol. The van der Waals surface area contributed by atoms with E-state index < -0.39 is 10.0 Å². The first-order valence-electron chi connectivity index (χ1n) is 5.62. The second-order valence-corrected chi connectivity index (χ2v) is 7.30. The van der Waals surface area contributed by atoms with E-state index in [9.17, 15) is 8.42 Å². The molecule has 3 heterocycles. The maximum absolute atomic E-state index is 12.6. The number of hydrogen-bond donors (Lipinski definition) is 0. The fourth-order valence-electron chi connectivity index (χ4n) is 2.04. The average Bonchev–Trinajstić information content (AvgIpc) is 3.06. The summed E-state index contributed by atoms with van der Waals surface area (Å²) < 4.78 is 28.4. The van der Waals surface area contributed by atoms with Crippen molar-refractivity contribution in [3.63, 3.8) is 0 Å². The molecule has 3 rings (SSSR count). The highest BCUT2D eigenvalue weighted by atomic mass is 35.5. The summed E-state index contributed by atoms with van der Waals surface area (Å²) in [6.07, 6.45) is 1.62. The van der Waals surface area contributed by atoms with Gasteiger partial charge < -0.3 is 4.57 Å². The van der Waals surface area contributed by atoms with E-state index in [1.54, 1.807) is 17.8 Å². The average molecular weight is 319 g/mol. The Bertz CT molecular complexity index is 694. The van der Waals surface area contributed by atoms with Crippen molar-refractivity contribution in [2.45, 2.75) is 23.9 Å². The van der Waals surface area contributed by atoms with Gasteiger partial charge in [0.1, 0.15) is 12.2 Å². The molecular weight excluding hydrogens is 308 g/mol. The fraction of sp³-hybridized carbons (Fsp3) is 0.400. The summed E-state index contributed by atoms with van der Waals surface area (Å²) in [6, 6.07) is 1.61. The third kappa shape index (κ3) is 2.18. The van der Waals surface area contributed by atoms with E-state index in [1.807, 2.05) is 4.57 Å². The largest absolute Gasteiger partial charge is 0.315 e. The van der Waals surface area contributed by atoms with Gasteiger partial charge in [-0.3, -0.25) is 0 Å². The molecule has 0 unspecified atom stereocenters. The lowest BCUT2D eigenvalue weighted by Gasteiger charge is -2.26. The Kier molecular flexibility index (Phi) is 3.34. The molecule has 6 nitrogen and oxygen atoms in total. The van der Waals surface area contributed by atoms with Crippen molar-refractivity contribution in [1.29, 1.82) is 0 Å². The number of aromatic nitrogens is 3. The molecule has 1 aliphatic heterocycles. The van der Waals surface area contributed by atoms with Crippen LogP contribution in [0.15, 0.2) is 22.7 Å². The number of nitrogens with zero attached hydrogens (tertiary/aromatic N) is 4. The molecule has 0 fully saturated rings. The molecule has 0 N–H and O–H groups in total. The van der Waals surface area contributed by atoms with Crippen molar-refractivity contribution in [3.05, 3.63) is 28.5 Å². The standard InChI is InChI=1S/C10H11ClN4O2S2/c11-5-8-9(1-4-18-8)19(16,17)15-3-2-14-7-12-13-10(14)6-15/h1,4,7H,2-3,5-6H2. The minimum Gasteiger partial charge on any atom is -0.315 e. The van der Waals surface area contributed by atoms with Crippen LogP contribution in [0.5, 0.6) is 0 Å². The summed E-state index contributed by atoms with van der Waals surface area (Å²) in [7, 11) is -3.50. The van der Waals surface area contributed by atoms with Gasteiger partial charge in [-0.2, -0.15) is 4.31 Å². The van der Waals surface area contributed by atoms with Crippen LogP contribution in [0.25, 0.3) is 0 Å². The van der Waals surface area contributed by atoms with Gasteiger partial charge in [0, 0.05) is 18.0 Å². The quantitative estimate of drug-likeness (QED) is 0.800. The third-order valence-corrected chi connectivity index (χ3v) is 6.45. The Balaban J connectivity index is 1.94. The van der Waals surface area contributed by atoms with Gasteiger partial charge in [-0.15, -0.1) is 33.1 Å². The van der Waals surface area contributed by atoms with E-state index >= 15 is 0 Å².